The summed E-state index contributed by atoms with van der Waals surface area (Å²) in [7, 11) is 0. The summed E-state index contributed by atoms with van der Waals surface area (Å²) in [6.45, 7) is 4.35. The fourth-order valence-electron chi connectivity index (χ4n) is 1.84. The number of nitrogens with zero attached hydrogens (tertiary/aromatic N) is 2. The Morgan fingerprint density at radius 2 is 2.12 bits per heavy atom. The summed E-state index contributed by atoms with van der Waals surface area (Å²) in [5.41, 5.74) is 3.73. The Morgan fingerprint density at radius 1 is 1.25 bits per heavy atom. The predicted octanol–water partition coefficient (Wildman–Crippen LogP) is 3.13. The average Bonchev–Trinajstić information content (AvgIpc) is 2.30. The van der Waals surface area contributed by atoms with E-state index < -0.39 is 0 Å². The molecule has 0 fully saturated rings. The van der Waals surface area contributed by atoms with Crippen LogP contribution in [0, 0.1) is 6.92 Å². The number of aryl methyl sites for hydroxylation is 1. The molecule has 2 nitrogen and oxygen atoms in total. The molecule has 1 atom stereocenters. The Balaban J connectivity index is 2.12. The van der Waals surface area contributed by atoms with E-state index in [1.807, 2.05) is 6.20 Å². The first-order valence-corrected chi connectivity index (χ1v) is 5.57. The molecule has 0 amide bonds. The first-order valence-electron chi connectivity index (χ1n) is 5.57. The van der Waals surface area contributed by atoms with Crippen LogP contribution >= 0.6 is 0 Å². The van der Waals surface area contributed by atoms with Crippen molar-refractivity contribution in [1.82, 2.24) is 9.97 Å². The van der Waals surface area contributed by atoms with Crippen molar-refractivity contribution >= 4 is 0 Å². The SMILES string of the molecule is Cc1cccc(C(C)Cc2cnccn2)c1. The summed E-state index contributed by atoms with van der Waals surface area (Å²) in [6, 6.07) is 8.64. The van der Waals surface area contributed by atoms with Gasteiger partial charge < -0.3 is 0 Å². The fraction of sp³-hybridized carbons (Fsp3) is 0.286. The van der Waals surface area contributed by atoms with Gasteiger partial charge in [0.05, 0.1) is 5.69 Å². The molecule has 0 N–H and O–H groups in total. The zero-order chi connectivity index (χ0) is 11.4. The van der Waals surface area contributed by atoms with Crippen LogP contribution in [-0.4, -0.2) is 9.97 Å². The summed E-state index contributed by atoms with van der Waals surface area (Å²) in [4.78, 5) is 8.39. The lowest BCUT2D eigenvalue weighted by atomic mass is 9.95. The zero-order valence-electron chi connectivity index (χ0n) is 9.72. The maximum atomic E-state index is 4.30. The van der Waals surface area contributed by atoms with Crippen molar-refractivity contribution in [3.8, 4) is 0 Å². The van der Waals surface area contributed by atoms with Crippen LogP contribution in [0.3, 0.4) is 0 Å². The fourth-order valence-corrected chi connectivity index (χ4v) is 1.84. The highest BCUT2D eigenvalue weighted by molar-refractivity contribution is 5.25. The number of rotatable bonds is 3. The third-order valence-electron chi connectivity index (χ3n) is 2.74. The molecule has 2 heteroatoms. The molecule has 0 saturated heterocycles. The van der Waals surface area contributed by atoms with Crippen molar-refractivity contribution in [2.45, 2.75) is 26.2 Å². The number of aromatic nitrogens is 2. The average molecular weight is 212 g/mol. The van der Waals surface area contributed by atoms with Crippen molar-refractivity contribution in [3.05, 3.63) is 59.7 Å². The lowest BCUT2D eigenvalue weighted by Crippen LogP contribution is -2.00. The van der Waals surface area contributed by atoms with Crippen LogP contribution < -0.4 is 0 Å². The standard InChI is InChI=1S/C14H16N2/c1-11-4-3-5-13(8-11)12(2)9-14-10-15-6-7-16-14/h3-8,10,12H,9H2,1-2H3. The third-order valence-corrected chi connectivity index (χ3v) is 2.74. The monoisotopic (exact) mass is 212 g/mol. The lowest BCUT2D eigenvalue weighted by molar-refractivity contribution is 0.736. The van der Waals surface area contributed by atoms with Gasteiger partial charge >= 0.3 is 0 Å². The molecule has 0 radical (unpaired) electrons. The second-order valence-electron chi connectivity index (χ2n) is 4.22. The highest BCUT2D eigenvalue weighted by atomic mass is 14.8. The Labute approximate surface area is 96.4 Å². The van der Waals surface area contributed by atoms with Crippen molar-refractivity contribution in [2.24, 2.45) is 0 Å². The lowest BCUT2D eigenvalue weighted by Gasteiger charge is -2.11. The van der Waals surface area contributed by atoms with E-state index in [4.69, 9.17) is 0 Å². The number of hydrogen-bond donors (Lipinski definition) is 0. The molecule has 2 aromatic rings. The molecule has 2 rings (SSSR count). The first-order chi connectivity index (χ1) is 7.75. The molecule has 0 aliphatic heterocycles. The van der Waals surface area contributed by atoms with E-state index in [9.17, 15) is 0 Å². The normalized spacial score (nSPS) is 12.4. The van der Waals surface area contributed by atoms with Gasteiger partial charge in [-0.15, -0.1) is 0 Å². The smallest absolute Gasteiger partial charge is 0.0592 e. The molecule has 1 aromatic heterocycles. The van der Waals surface area contributed by atoms with Crippen LogP contribution in [-0.2, 0) is 6.42 Å². The molecule has 1 unspecified atom stereocenters. The maximum Gasteiger partial charge on any atom is 0.0592 e. The Kier molecular flexibility index (Phi) is 3.30. The van der Waals surface area contributed by atoms with Crippen molar-refractivity contribution in [1.29, 1.82) is 0 Å². The van der Waals surface area contributed by atoms with E-state index in [1.54, 1.807) is 12.4 Å². The minimum absolute atomic E-state index is 0.483. The van der Waals surface area contributed by atoms with Gasteiger partial charge in [0.2, 0.25) is 0 Å². The highest BCUT2D eigenvalue weighted by Gasteiger charge is 2.07. The maximum absolute atomic E-state index is 4.30. The molecule has 0 aliphatic carbocycles. The molecule has 0 saturated carbocycles. The minimum Gasteiger partial charge on any atom is -0.261 e. The van der Waals surface area contributed by atoms with Gasteiger partial charge in [-0.2, -0.15) is 0 Å². The van der Waals surface area contributed by atoms with Crippen LogP contribution in [0.5, 0.6) is 0 Å². The Hall–Kier alpha value is -1.70. The molecule has 0 spiro atoms. The second kappa shape index (κ2) is 4.88. The van der Waals surface area contributed by atoms with Crippen LogP contribution in [0.25, 0.3) is 0 Å². The molecule has 16 heavy (non-hydrogen) atoms. The third kappa shape index (κ3) is 2.66. The van der Waals surface area contributed by atoms with Gasteiger partial charge in [-0.05, 0) is 24.8 Å². The molecule has 0 bridgehead atoms. The molecular formula is C14H16N2. The predicted molar refractivity (Wildman–Crippen MR) is 65.3 cm³/mol. The molecule has 1 aromatic carbocycles. The zero-order valence-corrected chi connectivity index (χ0v) is 9.72. The molecule has 1 heterocycles. The van der Waals surface area contributed by atoms with E-state index in [0.29, 0.717) is 5.92 Å². The quantitative estimate of drug-likeness (QED) is 0.781. The van der Waals surface area contributed by atoms with E-state index in [-0.39, 0.29) is 0 Å². The summed E-state index contributed by atoms with van der Waals surface area (Å²) >= 11 is 0. The van der Waals surface area contributed by atoms with Crippen molar-refractivity contribution in [2.75, 3.05) is 0 Å². The van der Waals surface area contributed by atoms with E-state index in [0.717, 1.165) is 12.1 Å². The largest absolute Gasteiger partial charge is 0.261 e. The van der Waals surface area contributed by atoms with Gasteiger partial charge in [-0.3, -0.25) is 9.97 Å². The Bertz CT molecular complexity index is 451. The van der Waals surface area contributed by atoms with Crippen LogP contribution in [0.4, 0.5) is 0 Å². The minimum atomic E-state index is 0.483. The van der Waals surface area contributed by atoms with Gasteiger partial charge in [0.1, 0.15) is 0 Å². The van der Waals surface area contributed by atoms with Crippen molar-refractivity contribution in [3.63, 3.8) is 0 Å². The van der Waals surface area contributed by atoms with Crippen LogP contribution in [0.15, 0.2) is 42.9 Å². The van der Waals surface area contributed by atoms with Gasteiger partial charge in [0.15, 0.2) is 0 Å². The first kappa shape index (κ1) is 10.8. The van der Waals surface area contributed by atoms with Crippen molar-refractivity contribution < 1.29 is 0 Å². The summed E-state index contributed by atoms with van der Waals surface area (Å²) in [5.74, 6) is 0.483. The van der Waals surface area contributed by atoms with Gasteiger partial charge in [-0.25, -0.2) is 0 Å². The van der Waals surface area contributed by atoms with Crippen LogP contribution in [0.2, 0.25) is 0 Å². The second-order valence-corrected chi connectivity index (χ2v) is 4.22. The Morgan fingerprint density at radius 3 is 2.81 bits per heavy atom. The van der Waals surface area contributed by atoms with E-state index in [2.05, 4.69) is 48.1 Å². The van der Waals surface area contributed by atoms with Crippen LogP contribution in [0.1, 0.15) is 29.7 Å². The summed E-state index contributed by atoms with van der Waals surface area (Å²) in [6.07, 6.45) is 6.24. The molecular weight excluding hydrogens is 196 g/mol. The molecule has 82 valence electrons. The van der Waals surface area contributed by atoms with E-state index >= 15 is 0 Å². The van der Waals surface area contributed by atoms with E-state index in [1.165, 1.54) is 11.1 Å². The topological polar surface area (TPSA) is 25.8 Å². The highest BCUT2D eigenvalue weighted by Crippen LogP contribution is 2.19. The molecule has 0 aliphatic rings. The summed E-state index contributed by atoms with van der Waals surface area (Å²) in [5, 5.41) is 0. The van der Waals surface area contributed by atoms with Gasteiger partial charge in [-0.1, -0.05) is 36.8 Å². The summed E-state index contributed by atoms with van der Waals surface area (Å²) < 4.78 is 0. The van der Waals surface area contributed by atoms with Gasteiger partial charge in [0.25, 0.3) is 0 Å². The van der Waals surface area contributed by atoms with Gasteiger partial charge in [0, 0.05) is 18.6 Å². The number of benzene rings is 1. The number of hydrogen-bond acceptors (Lipinski definition) is 2.